The van der Waals surface area contributed by atoms with Gasteiger partial charge >= 0.3 is 0 Å². The van der Waals surface area contributed by atoms with Crippen molar-refractivity contribution >= 4 is 23.2 Å². The first-order chi connectivity index (χ1) is 14.5. The molecule has 0 spiro atoms. The molecule has 6 rings (SSSR count). The molecule has 4 heteroatoms. The van der Waals surface area contributed by atoms with E-state index in [1.165, 1.54) is 44.1 Å². The van der Waals surface area contributed by atoms with Gasteiger partial charge in [-0.2, -0.15) is 0 Å². The van der Waals surface area contributed by atoms with Crippen LogP contribution in [-0.2, 0) is 13.2 Å². The smallest absolute Gasteiger partial charge is 0.119 e. The fourth-order valence-corrected chi connectivity index (χ4v) is 7.23. The Balaban J connectivity index is 1.16. The van der Waals surface area contributed by atoms with Gasteiger partial charge in [-0.25, -0.2) is 0 Å². The molecule has 2 nitrogen and oxygen atoms in total. The van der Waals surface area contributed by atoms with E-state index in [0.29, 0.717) is 28.1 Å². The standard InChI is InChI=1S/C26H31Cl2NO/c1-17(26-12-19-9-20(13-26)11-21(10-19)14-26)29-15-18-5-7-22(8-6-18)30-16-23-24(27)3-2-4-25(23)28/h2-8,17,19-21,29H,9-16H2,1H3. The Morgan fingerprint density at radius 1 is 0.933 bits per heavy atom. The maximum absolute atomic E-state index is 6.23. The molecule has 4 saturated carbocycles. The second-order valence-corrected chi connectivity index (χ2v) is 10.8. The second kappa shape index (κ2) is 8.37. The van der Waals surface area contributed by atoms with Crippen LogP contribution in [0.5, 0.6) is 5.75 Å². The third-order valence-electron chi connectivity index (χ3n) is 7.98. The lowest BCUT2D eigenvalue weighted by Gasteiger charge is -2.59. The summed E-state index contributed by atoms with van der Waals surface area (Å²) in [6.07, 6.45) is 8.87. The van der Waals surface area contributed by atoms with Crippen LogP contribution in [0.25, 0.3) is 0 Å². The minimum atomic E-state index is 0.374. The molecule has 0 radical (unpaired) electrons. The first-order valence-corrected chi connectivity index (χ1v) is 12.1. The Labute approximate surface area is 190 Å². The van der Waals surface area contributed by atoms with Gasteiger partial charge in [0.05, 0.1) is 0 Å². The van der Waals surface area contributed by atoms with Crippen molar-refractivity contribution in [1.82, 2.24) is 5.32 Å². The predicted molar refractivity (Wildman–Crippen MR) is 124 cm³/mol. The van der Waals surface area contributed by atoms with E-state index in [0.717, 1.165) is 35.6 Å². The van der Waals surface area contributed by atoms with Crippen molar-refractivity contribution in [2.75, 3.05) is 0 Å². The largest absolute Gasteiger partial charge is 0.489 e. The third-order valence-corrected chi connectivity index (χ3v) is 8.69. The van der Waals surface area contributed by atoms with Crippen LogP contribution in [0.15, 0.2) is 42.5 Å². The summed E-state index contributed by atoms with van der Waals surface area (Å²) in [5.74, 6) is 3.85. The summed E-state index contributed by atoms with van der Waals surface area (Å²) in [5.41, 5.74) is 2.68. The summed E-state index contributed by atoms with van der Waals surface area (Å²) in [7, 11) is 0. The molecule has 160 valence electrons. The van der Waals surface area contributed by atoms with Crippen LogP contribution >= 0.6 is 23.2 Å². The van der Waals surface area contributed by atoms with E-state index in [9.17, 15) is 0 Å². The summed E-state index contributed by atoms with van der Waals surface area (Å²) in [4.78, 5) is 0. The summed E-state index contributed by atoms with van der Waals surface area (Å²) in [6, 6.07) is 14.5. The average Bonchev–Trinajstić information content (AvgIpc) is 2.71. The molecule has 2 aromatic carbocycles. The first-order valence-electron chi connectivity index (χ1n) is 11.4. The molecule has 2 aromatic rings. The topological polar surface area (TPSA) is 21.3 Å². The van der Waals surface area contributed by atoms with E-state index < -0.39 is 0 Å². The van der Waals surface area contributed by atoms with Crippen LogP contribution in [0.2, 0.25) is 10.0 Å². The van der Waals surface area contributed by atoms with E-state index in [-0.39, 0.29) is 0 Å². The molecule has 4 aliphatic carbocycles. The highest BCUT2D eigenvalue weighted by Crippen LogP contribution is 2.61. The molecule has 0 amide bonds. The van der Waals surface area contributed by atoms with Crippen LogP contribution in [0.4, 0.5) is 0 Å². The van der Waals surface area contributed by atoms with Crippen molar-refractivity contribution in [2.45, 2.75) is 64.6 Å². The first kappa shape index (κ1) is 20.7. The maximum atomic E-state index is 6.23. The van der Waals surface area contributed by atoms with Gasteiger partial charge in [0.2, 0.25) is 0 Å². The maximum Gasteiger partial charge on any atom is 0.119 e. The van der Waals surface area contributed by atoms with Crippen molar-refractivity contribution in [2.24, 2.45) is 23.2 Å². The molecule has 0 aliphatic heterocycles. The van der Waals surface area contributed by atoms with Crippen LogP contribution < -0.4 is 10.1 Å². The molecular formula is C26H31Cl2NO. The number of ether oxygens (including phenoxy) is 1. The lowest BCUT2D eigenvalue weighted by molar-refractivity contribution is -0.0706. The lowest BCUT2D eigenvalue weighted by atomic mass is 9.48. The highest BCUT2D eigenvalue weighted by atomic mass is 35.5. The summed E-state index contributed by atoms with van der Waals surface area (Å²) < 4.78 is 5.91. The quantitative estimate of drug-likeness (QED) is 0.485. The fourth-order valence-electron chi connectivity index (χ4n) is 6.72. The molecular weight excluding hydrogens is 413 g/mol. The Kier molecular flexibility index (Phi) is 5.77. The zero-order chi connectivity index (χ0) is 20.7. The molecule has 30 heavy (non-hydrogen) atoms. The number of hydrogen-bond donors (Lipinski definition) is 1. The molecule has 0 heterocycles. The minimum absolute atomic E-state index is 0.374. The number of halogens is 2. The van der Waals surface area contributed by atoms with Gasteiger partial charge in [0, 0.05) is 28.2 Å². The SMILES string of the molecule is CC(NCc1ccc(OCc2c(Cl)cccc2Cl)cc1)C12CC3CC(CC(C3)C1)C2. The van der Waals surface area contributed by atoms with Gasteiger partial charge in [0.1, 0.15) is 12.4 Å². The molecule has 1 N–H and O–H groups in total. The normalized spacial score (nSPS) is 30.4. The van der Waals surface area contributed by atoms with Gasteiger partial charge in [-0.05, 0) is 98.4 Å². The van der Waals surface area contributed by atoms with Crippen molar-refractivity contribution in [1.29, 1.82) is 0 Å². The van der Waals surface area contributed by atoms with Gasteiger partial charge < -0.3 is 10.1 Å². The van der Waals surface area contributed by atoms with E-state index in [1.807, 2.05) is 30.3 Å². The van der Waals surface area contributed by atoms with Crippen molar-refractivity contribution in [3.8, 4) is 5.75 Å². The van der Waals surface area contributed by atoms with Gasteiger partial charge in [-0.3, -0.25) is 0 Å². The monoisotopic (exact) mass is 443 g/mol. The highest BCUT2D eigenvalue weighted by Gasteiger charge is 2.52. The number of hydrogen-bond acceptors (Lipinski definition) is 2. The molecule has 1 atom stereocenters. The van der Waals surface area contributed by atoms with Crippen LogP contribution in [-0.4, -0.2) is 6.04 Å². The Morgan fingerprint density at radius 3 is 2.07 bits per heavy atom. The van der Waals surface area contributed by atoms with Gasteiger partial charge in [-0.15, -0.1) is 0 Å². The number of benzene rings is 2. The lowest BCUT2D eigenvalue weighted by Crippen LogP contribution is -2.54. The Hall–Kier alpha value is -1.22. The predicted octanol–water partition coefficient (Wildman–Crippen LogP) is 7.27. The van der Waals surface area contributed by atoms with E-state index in [2.05, 4.69) is 24.4 Å². The van der Waals surface area contributed by atoms with Crippen LogP contribution in [0.1, 0.15) is 56.6 Å². The Bertz CT molecular complexity index is 839. The molecule has 0 saturated heterocycles. The van der Waals surface area contributed by atoms with Crippen molar-refractivity contribution in [3.63, 3.8) is 0 Å². The molecule has 4 aliphatic rings. The second-order valence-electron chi connectivity index (χ2n) is 10.0. The molecule has 1 unspecified atom stereocenters. The molecule has 4 fully saturated rings. The summed E-state index contributed by atoms with van der Waals surface area (Å²) in [5, 5.41) is 5.15. The van der Waals surface area contributed by atoms with Crippen LogP contribution in [0, 0.1) is 23.2 Å². The van der Waals surface area contributed by atoms with E-state index in [1.54, 1.807) is 0 Å². The molecule has 0 aromatic heterocycles. The van der Waals surface area contributed by atoms with E-state index in [4.69, 9.17) is 27.9 Å². The zero-order valence-corrected chi connectivity index (χ0v) is 19.2. The molecule has 4 bridgehead atoms. The minimum Gasteiger partial charge on any atom is -0.489 e. The van der Waals surface area contributed by atoms with Crippen LogP contribution in [0.3, 0.4) is 0 Å². The third kappa shape index (κ3) is 4.11. The van der Waals surface area contributed by atoms with Gasteiger partial charge in [0.25, 0.3) is 0 Å². The number of rotatable bonds is 7. The highest BCUT2D eigenvalue weighted by molar-refractivity contribution is 6.35. The van der Waals surface area contributed by atoms with Gasteiger partial charge in [0.15, 0.2) is 0 Å². The zero-order valence-electron chi connectivity index (χ0n) is 17.7. The van der Waals surface area contributed by atoms with Crippen molar-refractivity contribution < 1.29 is 4.74 Å². The summed E-state index contributed by atoms with van der Waals surface area (Å²) in [6.45, 7) is 3.72. The number of nitrogens with one attached hydrogen (secondary N) is 1. The summed E-state index contributed by atoms with van der Waals surface area (Å²) >= 11 is 12.5. The average molecular weight is 444 g/mol. The fraction of sp³-hybridized carbons (Fsp3) is 0.538. The van der Waals surface area contributed by atoms with E-state index >= 15 is 0 Å². The Morgan fingerprint density at radius 2 is 1.50 bits per heavy atom. The van der Waals surface area contributed by atoms with Crippen molar-refractivity contribution in [3.05, 3.63) is 63.6 Å². The van der Waals surface area contributed by atoms with Gasteiger partial charge in [-0.1, -0.05) is 41.4 Å².